The molecule has 1 heterocycles. The average Bonchev–Trinajstić information content (AvgIpc) is 3.75. The van der Waals surface area contributed by atoms with Gasteiger partial charge in [-0.1, -0.05) is 80.1 Å². The molecule has 1 aliphatic heterocycles. The Morgan fingerprint density at radius 2 is 1.21 bits per heavy atom. The lowest BCUT2D eigenvalue weighted by atomic mass is 9.83. The third kappa shape index (κ3) is 16.3. The summed E-state index contributed by atoms with van der Waals surface area (Å²) < 4.78 is 12.1. The van der Waals surface area contributed by atoms with Crippen molar-refractivity contribution in [1.82, 2.24) is 42.1 Å². The van der Waals surface area contributed by atoms with E-state index >= 15 is 0 Å². The predicted molar refractivity (Wildman–Crippen MR) is 241 cm³/mol. The molecule has 356 valence electrons. The van der Waals surface area contributed by atoms with Gasteiger partial charge >= 0.3 is 0 Å². The maximum atomic E-state index is 14.0. The molecule has 8 atom stereocenters. The fraction of sp³-hybridized carbons (Fsp3) is 0.870. The predicted octanol–water partition coefficient (Wildman–Crippen LogP) is 2.92. The Morgan fingerprint density at radius 3 is 1.76 bits per heavy atom. The van der Waals surface area contributed by atoms with Crippen LogP contribution in [0.25, 0.3) is 0 Å². The highest BCUT2D eigenvalue weighted by molar-refractivity contribution is 5.94. The van der Waals surface area contributed by atoms with Crippen LogP contribution in [0.15, 0.2) is 0 Å². The molecular formula is C46H84N8O8. The molecule has 1 unspecified atom stereocenters. The summed E-state index contributed by atoms with van der Waals surface area (Å²) in [6.45, 7) is 16.6. The molecule has 0 aromatic carbocycles. The zero-order valence-electron chi connectivity index (χ0n) is 39.8. The van der Waals surface area contributed by atoms with Gasteiger partial charge in [0.2, 0.25) is 35.4 Å². The second kappa shape index (κ2) is 26.4. The Balaban J connectivity index is 1.54. The van der Waals surface area contributed by atoms with Crippen molar-refractivity contribution in [3.05, 3.63) is 0 Å². The molecule has 2 aliphatic carbocycles. The normalized spacial score (nSPS) is 21.2. The minimum absolute atomic E-state index is 0.0135. The van der Waals surface area contributed by atoms with Crippen LogP contribution >= 0.6 is 0 Å². The zero-order valence-corrected chi connectivity index (χ0v) is 39.8. The molecule has 0 aromatic heterocycles. The Hall–Kier alpha value is -3.34. The molecule has 62 heavy (non-hydrogen) atoms. The summed E-state index contributed by atoms with van der Waals surface area (Å²) in [5.41, 5.74) is -0.564. The van der Waals surface area contributed by atoms with Gasteiger partial charge in [0.15, 0.2) is 0 Å². The molecule has 3 aliphatic rings. The monoisotopic (exact) mass is 877 g/mol. The van der Waals surface area contributed by atoms with Gasteiger partial charge in [0, 0.05) is 6.54 Å². The third-order valence-electron chi connectivity index (χ3n) is 13.2. The minimum atomic E-state index is -0.823. The van der Waals surface area contributed by atoms with E-state index in [9.17, 15) is 28.8 Å². The van der Waals surface area contributed by atoms with Gasteiger partial charge in [-0.25, -0.2) is 0 Å². The van der Waals surface area contributed by atoms with Crippen molar-refractivity contribution in [3.8, 4) is 0 Å². The molecule has 16 nitrogen and oxygen atoms in total. The first-order valence-corrected chi connectivity index (χ1v) is 23.8. The summed E-state index contributed by atoms with van der Waals surface area (Å²) >= 11 is 0. The maximum Gasteiger partial charge on any atom is 0.246 e. The number of carbonyl (C=O) groups is 6. The first-order chi connectivity index (χ1) is 29.4. The number of hydrogen-bond acceptors (Lipinski definition) is 10. The van der Waals surface area contributed by atoms with Crippen molar-refractivity contribution in [1.29, 1.82) is 0 Å². The van der Waals surface area contributed by atoms with Crippen molar-refractivity contribution < 1.29 is 38.2 Å². The van der Waals surface area contributed by atoms with Gasteiger partial charge in [-0.3, -0.25) is 28.8 Å². The van der Waals surface area contributed by atoms with Gasteiger partial charge in [-0.2, -0.15) is 0 Å². The topological polar surface area (TPSA) is 208 Å². The van der Waals surface area contributed by atoms with Crippen LogP contribution in [0, 0.1) is 23.2 Å². The summed E-state index contributed by atoms with van der Waals surface area (Å²) in [5.74, 6) is -1.29. The average molecular weight is 877 g/mol. The smallest absolute Gasteiger partial charge is 0.246 e. The van der Waals surface area contributed by atoms with E-state index in [0.717, 1.165) is 64.2 Å². The van der Waals surface area contributed by atoms with Crippen LogP contribution in [0.2, 0.25) is 0 Å². The second-order valence-corrected chi connectivity index (χ2v) is 19.4. The summed E-state index contributed by atoms with van der Waals surface area (Å²) in [6, 6.07) is -4.37. The lowest BCUT2D eigenvalue weighted by Crippen LogP contribution is -2.60. The fourth-order valence-electron chi connectivity index (χ4n) is 8.88. The highest BCUT2D eigenvalue weighted by Gasteiger charge is 2.43. The van der Waals surface area contributed by atoms with E-state index in [-0.39, 0.29) is 85.1 Å². The largest absolute Gasteiger partial charge is 0.377 e. The standard InChI is InChI=1S/C46H84N8O8/c1-11-34(48-10)42(57)52-38(33-21-16-13-17-22-33)44(59)49-31(5)41(56)50-35(29(2)3)27-61-25-26-62-28-36(32-19-14-12-15-20-32)51-43(58)37-23-18-24-54(37)45(60)39(46(6,7)8)53-40(55)30(4)47-9/h29-39,47-48H,11-28H2,1-10H3,(H,49,59)(H,50,56)(H,51,58)(H,52,57)(H,53,55)/t30-,31-,34+,35+,36+,37?,38+,39+/m0/s1. The van der Waals surface area contributed by atoms with E-state index in [2.05, 4.69) is 37.2 Å². The van der Waals surface area contributed by atoms with Crippen LogP contribution < -0.4 is 37.2 Å². The van der Waals surface area contributed by atoms with Crippen molar-refractivity contribution >= 4 is 35.4 Å². The number of likely N-dealkylation sites (tertiary alicyclic amines) is 1. The Labute approximate surface area is 372 Å². The van der Waals surface area contributed by atoms with Crippen LogP contribution in [0.5, 0.6) is 0 Å². The van der Waals surface area contributed by atoms with Crippen LogP contribution in [0.1, 0.15) is 139 Å². The van der Waals surface area contributed by atoms with E-state index < -0.39 is 41.7 Å². The number of amides is 6. The molecule has 0 spiro atoms. The molecule has 16 heteroatoms. The number of likely N-dealkylation sites (N-methyl/N-ethyl adjacent to an activating group) is 2. The first-order valence-electron chi connectivity index (χ1n) is 23.8. The SMILES string of the molecule is CC[C@@H](NC)C(=O)N[C@@H](C(=O)N[C@@H](C)C(=O)N[C@H](COCCOC[C@@H](NC(=O)C1CCCN1C(=O)[C@@H](NC(=O)[C@H](C)NC)C(C)(C)C)C1CCCCC1)C(C)C)C1CCCCC1. The molecule has 3 fully saturated rings. The van der Waals surface area contributed by atoms with Crippen molar-refractivity contribution in [3.63, 3.8) is 0 Å². The number of hydrogen-bond donors (Lipinski definition) is 7. The van der Waals surface area contributed by atoms with Crippen LogP contribution in [-0.4, -0.2) is 136 Å². The van der Waals surface area contributed by atoms with E-state index in [4.69, 9.17) is 9.47 Å². The minimum Gasteiger partial charge on any atom is -0.377 e. The Bertz CT molecular complexity index is 1430. The second-order valence-electron chi connectivity index (χ2n) is 19.4. The summed E-state index contributed by atoms with van der Waals surface area (Å²) in [7, 11) is 3.42. The van der Waals surface area contributed by atoms with Crippen LogP contribution in [0.4, 0.5) is 0 Å². The van der Waals surface area contributed by atoms with E-state index in [1.54, 1.807) is 32.8 Å². The van der Waals surface area contributed by atoms with Crippen molar-refractivity contribution in [2.75, 3.05) is 47.1 Å². The van der Waals surface area contributed by atoms with Gasteiger partial charge in [-0.05, 0) is 96.1 Å². The van der Waals surface area contributed by atoms with Crippen molar-refractivity contribution in [2.24, 2.45) is 23.2 Å². The van der Waals surface area contributed by atoms with Crippen molar-refractivity contribution in [2.45, 2.75) is 187 Å². The van der Waals surface area contributed by atoms with Gasteiger partial charge in [0.05, 0.1) is 50.6 Å². The molecule has 0 aromatic rings. The van der Waals surface area contributed by atoms with Crippen LogP contribution in [-0.2, 0) is 38.2 Å². The third-order valence-corrected chi connectivity index (χ3v) is 13.2. The van der Waals surface area contributed by atoms with E-state index in [0.29, 0.717) is 32.4 Å². The molecule has 0 bridgehead atoms. The summed E-state index contributed by atoms with van der Waals surface area (Å²) in [5, 5.41) is 21.0. The highest BCUT2D eigenvalue weighted by atomic mass is 16.5. The lowest BCUT2D eigenvalue weighted by Gasteiger charge is -2.37. The number of nitrogens with one attached hydrogen (secondary N) is 7. The summed E-state index contributed by atoms with van der Waals surface area (Å²) in [4.78, 5) is 82.4. The molecule has 0 radical (unpaired) electrons. The molecule has 2 saturated carbocycles. The van der Waals surface area contributed by atoms with E-state index in [1.165, 1.54) is 0 Å². The lowest BCUT2D eigenvalue weighted by molar-refractivity contribution is -0.144. The first kappa shape index (κ1) is 53.0. The van der Waals surface area contributed by atoms with Gasteiger partial charge in [0.25, 0.3) is 0 Å². The summed E-state index contributed by atoms with van der Waals surface area (Å²) in [6.07, 6.45) is 12.0. The van der Waals surface area contributed by atoms with Gasteiger partial charge in [0.1, 0.15) is 24.2 Å². The Kier molecular flexibility index (Phi) is 22.6. The highest BCUT2D eigenvalue weighted by Crippen LogP contribution is 2.30. The number of carbonyl (C=O) groups excluding carboxylic acids is 6. The molecule has 3 rings (SSSR count). The van der Waals surface area contributed by atoms with Crippen LogP contribution in [0.3, 0.4) is 0 Å². The molecule has 6 amide bonds. The zero-order chi connectivity index (χ0) is 46.0. The van der Waals surface area contributed by atoms with E-state index in [1.807, 2.05) is 41.5 Å². The maximum absolute atomic E-state index is 14.0. The quantitative estimate of drug-likeness (QED) is 0.0706. The molecule has 7 N–H and O–H groups in total. The van der Waals surface area contributed by atoms with Gasteiger partial charge in [-0.15, -0.1) is 0 Å². The Morgan fingerprint density at radius 1 is 0.629 bits per heavy atom. The number of nitrogens with zero attached hydrogens (tertiary/aromatic N) is 1. The number of ether oxygens (including phenoxy) is 2. The van der Waals surface area contributed by atoms with Gasteiger partial charge < -0.3 is 51.6 Å². The molecular weight excluding hydrogens is 793 g/mol. The number of rotatable bonds is 24. The molecule has 1 saturated heterocycles. The fourth-order valence-corrected chi connectivity index (χ4v) is 8.88.